The molecule has 22 heavy (non-hydrogen) atoms. The molecule has 0 aliphatic carbocycles. The molecule has 3 rings (SSSR count). The van der Waals surface area contributed by atoms with Crippen molar-refractivity contribution < 1.29 is 8.42 Å². The molecule has 1 aliphatic heterocycles. The van der Waals surface area contributed by atoms with Crippen LogP contribution in [0.2, 0.25) is 0 Å². The maximum Gasteiger partial charge on any atom is 0.182 e. The van der Waals surface area contributed by atoms with Gasteiger partial charge in [0.2, 0.25) is 0 Å². The van der Waals surface area contributed by atoms with Crippen molar-refractivity contribution in [1.29, 1.82) is 0 Å². The Morgan fingerprint density at radius 3 is 2.18 bits per heavy atom. The van der Waals surface area contributed by atoms with E-state index in [1.54, 1.807) is 12.1 Å². The van der Waals surface area contributed by atoms with Gasteiger partial charge in [-0.2, -0.15) is 0 Å². The summed E-state index contributed by atoms with van der Waals surface area (Å²) in [5.41, 5.74) is 1.90. The van der Waals surface area contributed by atoms with Crippen LogP contribution in [0.1, 0.15) is 5.56 Å². The Balaban J connectivity index is 1.76. The molecule has 0 atom stereocenters. The number of benzene rings is 2. The average molecular weight is 316 g/mol. The second kappa shape index (κ2) is 6.50. The fourth-order valence-electron chi connectivity index (χ4n) is 2.66. The van der Waals surface area contributed by atoms with Gasteiger partial charge in [-0.1, -0.05) is 30.3 Å². The molecule has 0 saturated carbocycles. The number of hydrogen-bond acceptors (Lipinski definition) is 4. The Hall–Kier alpha value is -1.85. The molecule has 0 amide bonds. The van der Waals surface area contributed by atoms with Crippen molar-refractivity contribution >= 4 is 15.5 Å². The summed E-state index contributed by atoms with van der Waals surface area (Å²) >= 11 is 0. The zero-order chi connectivity index (χ0) is 15.4. The van der Waals surface area contributed by atoms with Gasteiger partial charge in [0.05, 0.1) is 10.6 Å². The van der Waals surface area contributed by atoms with E-state index in [1.165, 1.54) is 0 Å². The summed E-state index contributed by atoms with van der Waals surface area (Å²) < 4.78 is 24.9. The maximum atomic E-state index is 12.5. The Bertz CT molecular complexity index is 706. The molecule has 2 aromatic carbocycles. The highest BCUT2D eigenvalue weighted by atomic mass is 32.2. The van der Waals surface area contributed by atoms with Gasteiger partial charge in [0.1, 0.15) is 0 Å². The van der Waals surface area contributed by atoms with Gasteiger partial charge >= 0.3 is 0 Å². The second-order valence-electron chi connectivity index (χ2n) is 5.48. The van der Waals surface area contributed by atoms with E-state index in [2.05, 4.69) is 10.2 Å². The standard InChI is InChI=1S/C17H20N2O2S/c20-22(21,14-15-4-2-1-3-5-15)17-8-6-16(7-9-17)19-12-10-18-11-13-19/h1-9,18H,10-14H2. The first-order chi connectivity index (χ1) is 10.6. The van der Waals surface area contributed by atoms with E-state index in [4.69, 9.17) is 0 Å². The zero-order valence-electron chi connectivity index (χ0n) is 12.4. The van der Waals surface area contributed by atoms with E-state index in [1.807, 2.05) is 42.5 Å². The van der Waals surface area contributed by atoms with Crippen molar-refractivity contribution in [2.75, 3.05) is 31.1 Å². The molecule has 1 saturated heterocycles. The molecule has 1 fully saturated rings. The highest BCUT2D eigenvalue weighted by Gasteiger charge is 2.16. The van der Waals surface area contributed by atoms with Crippen molar-refractivity contribution in [3.05, 3.63) is 60.2 Å². The molecular weight excluding hydrogens is 296 g/mol. The number of nitrogens with zero attached hydrogens (tertiary/aromatic N) is 1. The number of nitrogens with one attached hydrogen (secondary N) is 1. The molecule has 0 unspecified atom stereocenters. The van der Waals surface area contributed by atoms with Crippen LogP contribution >= 0.6 is 0 Å². The minimum atomic E-state index is -3.29. The van der Waals surface area contributed by atoms with Crippen molar-refractivity contribution in [2.24, 2.45) is 0 Å². The molecule has 116 valence electrons. The van der Waals surface area contributed by atoms with Crippen LogP contribution in [0.4, 0.5) is 5.69 Å². The van der Waals surface area contributed by atoms with Crippen LogP contribution < -0.4 is 10.2 Å². The molecule has 1 heterocycles. The summed E-state index contributed by atoms with van der Waals surface area (Å²) in [6.45, 7) is 3.84. The predicted octanol–water partition coefficient (Wildman–Crippen LogP) is 2.07. The maximum absolute atomic E-state index is 12.5. The minimum absolute atomic E-state index is 0.0425. The van der Waals surface area contributed by atoms with Gasteiger partial charge in [0.25, 0.3) is 0 Å². The van der Waals surface area contributed by atoms with Gasteiger partial charge in [-0.25, -0.2) is 8.42 Å². The van der Waals surface area contributed by atoms with Gasteiger partial charge in [0, 0.05) is 31.9 Å². The van der Waals surface area contributed by atoms with Gasteiger partial charge in [-0.15, -0.1) is 0 Å². The number of anilines is 1. The number of sulfone groups is 1. The lowest BCUT2D eigenvalue weighted by atomic mass is 10.2. The zero-order valence-corrected chi connectivity index (χ0v) is 13.2. The first kappa shape index (κ1) is 15.1. The fourth-order valence-corrected chi connectivity index (χ4v) is 4.01. The topological polar surface area (TPSA) is 49.4 Å². The van der Waals surface area contributed by atoms with Crippen LogP contribution in [0, 0.1) is 0 Å². The van der Waals surface area contributed by atoms with Crippen molar-refractivity contribution in [1.82, 2.24) is 5.32 Å². The summed E-state index contributed by atoms with van der Waals surface area (Å²) in [5, 5.41) is 3.31. The molecule has 0 bridgehead atoms. The molecule has 1 N–H and O–H groups in total. The number of rotatable bonds is 4. The second-order valence-corrected chi connectivity index (χ2v) is 7.47. The normalized spacial score (nSPS) is 15.7. The largest absolute Gasteiger partial charge is 0.369 e. The van der Waals surface area contributed by atoms with Crippen LogP contribution in [0.5, 0.6) is 0 Å². The smallest absolute Gasteiger partial charge is 0.182 e. The van der Waals surface area contributed by atoms with Gasteiger partial charge < -0.3 is 10.2 Å². The highest BCUT2D eigenvalue weighted by Crippen LogP contribution is 2.21. The Kier molecular flexibility index (Phi) is 4.45. The first-order valence-corrected chi connectivity index (χ1v) is 9.13. The van der Waals surface area contributed by atoms with E-state index < -0.39 is 9.84 Å². The molecule has 0 spiro atoms. The van der Waals surface area contributed by atoms with Crippen LogP contribution in [-0.4, -0.2) is 34.6 Å². The van der Waals surface area contributed by atoms with Gasteiger partial charge in [0.15, 0.2) is 9.84 Å². The monoisotopic (exact) mass is 316 g/mol. The lowest BCUT2D eigenvalue weighted by molar-refractivity contribution is 0.588. The van der Waals surface area contributed by atoms with E-state index in [9.17, 15) is 8.42 Å². The van der Waals surface area contributed by atoms with Gasteiger partial charge in [-0.3, -0.25) is 0 Å². The van der Waals surface area contributed by atoms with Crippen LogP contribution in [-0.2, 0) is 15.6 Å². The Morgan fingerprint density at radius 1 is 0.909 bits per heavy atom. The van der Waals surface area contributed by atoms with Crippen LogP contribution in [0.15, 0.2) is 59.5 Å². The Labute approximate surface area is 131 Å². The lowest BCUT2D eigenvalue weighted by Crippen LogP contribution is -2.43. The van der Waals surface area contributed by atoms with Crippen molar-refractivity contribution in [2.45, 2.75) is 10.6 Å². The van der Waals surface area contributed by atoms with Crippen molar-refractivity contribution in [3.63, 3.8) is 0 Å². The quantitative estimate of drug-likeness (QED) is 0.938. The predicted molar refractivity (Wildman–Crippen MR) is 88.9 cm³/mol. The molecule has 4 nitrogen and oxygen atoms in total. The summed E-state index contributed by atoms with van der Waals surface area (Å²) in [6, 6.07) is 16.5. The van der Waals surface area contributed by atoms with E-state index in [0.29, 0.717) is 4.90 Å². The third-order valence-electron chi connectivity index (χ3n) is 3.88. The first-order valence-electron chi connectivity index (χ1n) is 7.47. The SMILES string of the molecule is O=S(=O)(Cc1ccccc1)c1ccc(N2CCNCC2)cc1. The molecule has 0 radical (unpaired) electrons. The molecule has 5 heteroatoms. The number of hydrogen-bond donors (Lipinski definition) is 1. The molecule has 2 aromatic rings. The summed E-state index contributed by atoms with van der Waals surface area (Å²) in [5.74, 6) is 0.0425. The molecule has 0 aromatic heterocycles. The Morgan fingerprint density at radius 2 is 1.55 bits per heavy atom. The third kappa shape index (κ3) is 3.48. The van der Waals surface area contributed by atoms with Crippen LogP contribution in [0.3, 0.4) is 0 Å². The van der Waals surface area contributed by atoms with E-state index in [0.717, 1.165) is 37.4 Å². The van der Waals surface area contributed by atoms with E-state index >= 15 is 0 Å². The molecular formula is C17H20N2O2S. The highest BCUT2D eigenvalue weighted by molar-refractivity contribution is 7.90. The van der Waals surface area contributed by atoms with Gasteiger partial charge in [-0.05, 0) is 29.8 Å². The number of piperazine rings is 1. The summed E-state index contributed by atoms with van der Waals surface area (Å²) in [6.07, 6.45) is 0. The summed E-state index contributed by atoms with van der Waals surface area (Å²) in [4.78, 5) is 2.65. The summed E-state index contributed by atoms with van der Waals surface area (Å²) in [7, 11) is -3.29. The average Bonchev–Trinajstić information content (AvgIpc) is 2.56. The van der Waals surface area contributed by atoms with Crippen molar-refractivity contribution in [3.8, 4) is 0 Å². The van der Waals surface area contributed by atoms with Crippen LogP contribution in [0.25, 0.3) is 0 Å². The fraction of sp³-hybridized carbons (Fsp3) is 0.294. The lowest BCUT2D eigenvalue weighted by Gasteiger charge is -2.29. The minimum Gasteiger partial charge on any atom is -0.369 e. The third-order valence-corrected chi connectivity index (χ3v) is 5.58. The molecule has 1 aliphatic rings. The van der Waals surface area contributed by atoms with E-state index in [-0.39, 0.29) is 5.75 Å².